The number of nitrogen functional groups attached to an aromatic ring is 1. The van der Waals surface area contributed by atoms with E-state index < -0.39 is 9.84 Å². The average Bonchev–Trinajstić information content (AvgIpc) is 2.73. The van der Waals surface area contributed by atoms with Gasteiger partial charge in [0.05, 0.1) is 11.1 Å². The molecule has 3 aromatic rings. The van der Waals surface area contributed by atoms with E-state index in [2.05, 4.69) is 27.4 Å². The second-order valence-corrected chi connectivity index (χ2v) is 9.71. The van der Waals surface area contributed by atoms with E-state index in [4.69, 9.17) is 17.3 Å². The second kappa shape index (κ2) is 9.40. The van der Waals surface area contributed by atoms with Crippen LogP contribution in [0.25, 0.3) is 0 Å². The van der Waals surface area contributed by atoms with Crippen molar-refractivity contribution in [3.63, 3.8) is 0 Å². The third-order valence-corrected chi connectivity index (χ3v) is 6.43. The molecule has 4 rings (SSSR count). The minimum absolute atomic E-state index is 0. The number of hydrogen-bond acceptors (Lipinski definition) is 7. The van der Waals surface area contributed by atoms with Gasteiger partial charge in [0.25, 0.3) is 0 Å². The van der Waals surface area contributed by atoms with E-state index >= 15 is 0 Å². The van der Waals surface area contributed by atoms with Crippen molar-refractivity contribution in [1.29, 1.82) is 0 Å². The number of hydrogen-bond donors (Lipinski definition) is 2. The Morgan fingerprint density at radius 3 is 2.77 bits per heavy atom. The van der Waals surface area contributed by atoms with Crippen LogP contribution in [0.4, 0.5) is 17.5 Å². The number of halogens is 2. The van der Waals surface area contributed by atoms with Crippen molar-refractivity contribution >= 4 is 51.3 Å². The molecule has 3 N–H and O–H groups in total. The van der Waals surface area contributed by atoms with Gasteiger partial charge in [0, 0.05) is 25.0 Å². The van der Waals surface area contributed by atoms with E-state index in [0.29, 0.717) is 17.4 Å². The number of sulfone groups is 1. The van der Waals surface area contributed by atoms with E-state index in [-0.39, 0.29) is 23.3 Å². The Labute approximate surface area is 193 Å². The molecule has 0 fully saturated rings. The standard InChI is InChI=1S/C21H22ClN5O2S.ClH/c1-30(28,29)18-4-2-3-14(9-18)13-27(20-19(22)12-25-21(23)26-20)17-6-5-16-11-24-8-7-15(16)10-17;/h2-6,9-10,12,24H,7-8,11,13H2,1H3,(H2,23,25,26);1H. The highest BCUT2D eigenvalue weighted by Crippen LogP contribution is 2.33. The Balaban J connectivity index is 0.00000272. The van der Waals surface area contributed by atoms with Crippen molar-refractivity contribution in [2.45, 2.75) is 24.4 Å². The van der Waals surface area contributed by atoms with Crippen molar-refractivity contribution < 1.29 is 8.42 Å². The topological polar surface area (TPSA) is 101 Å². The largest absolute Gasteiger partial charge is 0.368 e. The van der Waals surface area contributed by atoms with Crippen LogP contribution >= 0.6 is 24.0 Å². The molecule has 2 heterocycles. The molecule has 0 saturated carbocycles. The second-order valence-electron chi connectivity index (χ2n) is 7.29. The van der Waals surface area contributed by atoms with Crippen LogP contribution in [0, 0.1) is 0 Å². The monoisotopic (exact) mass is 479 g/mol. The quantitative estimate of drug-likeness (QED) is 0.576. The maximum absolute atomic E-state index is 12.0. The first-order valence-corrected chi connectivity index (χ1v) is 11.8. The van der Waals surface area contributed by atoms with Crippen LogP contribution in [0.1, 0.15) is 16.7 Å². The summed E-state index contributed by atoms with van der Waals surface area (Å²) in [6.07, 6.45) is 3.60. The van der Waals surface area contributed by atoms with Crippen molar-refractivity contribution in [2.24, 2.45) is 0 Å². The van der Waals surface area contributed by atoms with Gasteiger partial charge in [-0.1, -0.05) is 29.8 Å². The molecule has 7 nitrogen and oxygen atoms in total. The lowest BCUT2D eigenvalue weighted by Gasteiger charge is -2.27. The average molecular weight is 480 g/mol. The molecule has 0 bridgehead atoms. The normalized spacial score (nSPS) is 13.2. The summed E-state index contributed by atoms with van der Waals surface area (Å²) in [6, 6.07) is 13.1. The van der Waals surface area contributed by atoms with Crippen LogP contribution in [0.5, 0.6) is 0 Å². The van der Waals surface area contributed by atoms with Gasteiger partial charge in [0.15, 0.2) is 15.7 Å². The van der Waals surface area contributed by atoms with Gasteiger partial charge in [0.1, 0.15) is 5.02 Å². The molecular formula is C21H23Cl2N5O2S. The highest BCUT2D eigenvalue weighted by atomic mass is 35.5. The van der Waals surface area contributed by atoms with Crippen molar-refractivity contribution in [3.05, 3.63) is 70.4 Å². The first kappa shape index (κ1) is 23.3. The summed E-state index contributed by atoms with van der Waals surface area (Å²) < 4.78 is 24.0. The predicted octanol–water partition coefficient (Wildman–Crippen LogP) is 3.52. The molecule has 1 aliphatic rings. The summed E-state index contributed by atoms with van der Waals surface area (Å²) in [5.41, 5.74) is 10.1. The Morgan fingerprint density at radius 1 is 1.19 bits per heavy atom. The fraction of sp³-hybridized carbons (Fsp3) is 0.238. The van der Waals surface area contributed by atoms with Crippen LogP contribution in [0.15, 0.2) is 53.6 Å². The van der Waals surface area contributed by atoms with Crippen LogP contribution < -0.4 is 16.0 Å². The van der Waals surface area contributed by atoms with Crippen LogP contribution in [-0.2, 0) is 29.3 Å². The van der Waals surface area contributed by atoms with E-state index in [1.54, 1.807) is 18.2 Å². The number of fused-ring (bicyclic) bond motifs is 1. The maximum Gasteiger partial charge on any atom is 0.222 e. The molecule has 0 unspecified atom stereocenters. The van der Waals surface area contributed by atoms with E-state index in [0.717, 1.165) is 30.8 Å². The van der Waals surface area contributed by atoms with Crippen molar-refractivity contribution in [3.8, 4) is 0 Å². The fourth-order valence-corrected chi connectivity index (χ4v) is 4.42. The Hall–Kier alpha value is -2.39. The van der Waals surface area contributed by atoms with Crippen LogP contribution in [-0.4, -0.2) is 31.2 Å². The molecular weight excluding hydrogens is 457 g/mol. The molecule has 0 atom stereocenters. The molecule has 10 heteroatoms. The lowest BCUT2D eigenvalue weighted by atomic mass is 10.00. The smallest absolute Gasteiger partial charge is 0.222 e. The molecule has 31 heavy (non-hydrogen) atoms. The first-order chi connectivity index (χ1) is 14.3. The van der Waals surface area contributed by atoms with Gasteiger partial charge in [0.2, 0.25) is 5.95 Å². The minimum Gasteiger partial charge on any atom is -0.368 e. The van der Waals surface area contributed by atoms with Gasteiger partial charge < -0.3 is 16.0 Å². The Morgan fingerprint density at radius 2 is 2.00 bits per heavy atom. The molecule has 164 valence electrons. The molecule has 1 aliphatic heterocycles. The highest BCUT2D eigenvalue weighted by Gasteiger charge is 2.19. The number of benzene rings is 2. The van der Waals surface area contributed by atoms with E-state index in [1.807, 2.05) is 17.0 Å². The zero-order chi connectivity index (χ0) is 21.3. The van der Waals surface area contributed by atoms with Crippen LogP contribution in [0.2, 0.25) is 5.02 Å². The number of nitrogens with one attached hydrogen (secondary N) is 1. The third kappa shape index (κ3) is 5.27. The predicted molar refractivity (Wildman–Crippen MR) is 126 cm³/mol. The van der Waals surface area contributed by atoms with Gasteiger partial charge in [-0.25, -0.2) is 13.4 Å². The lowest BCUT2D eigenvalue weighted by Crippen LogP contribution is -2.24. The van der Waals surface area contributed by atoms with Gasteiger partial charge in [-0.2, -0.15) is 4.98 Å². The molecule has 0 amide bonds. The van der Waals surface area contributed by atoms with Crippen molar-refractivity contribution in [1.82, 2.24) is 15.3 Å². The number of rotatable bonds is 5. The highest BCUT2D eigenvalue weighted by molar-refractivity contribution is 7.90. The molecule has 0 radical (unpaired) electrons. The molecule has 0 aliphatic carbocycles. The third-order valence-electron chi connectivity index (χ3n) is 5.06. The summed E-state index contributed by atoms with van der Waals surface area (Å²) in [4.78, 5) is 10.5. The number of nitrogens with zero attached hydrogens (tertiary/aromatic N) is 3. The fourth-order valence-electron chi connectivity index (χ4n) is 3.54. The SMILES string of the molecule is CS(=O)(=O)c1cccc(CN(c2ccc3c(c2)CCNC3)c2nc(N)ncc2Cl)c1.Cl. The van der Waals surface area contributed by atoms with E-state index in [1.165, 1.54) is 23.6 Å². The molecule has 0 saturated heterocycles. The lowest BCUT2D eigenvalue weighted by molar-refractivity contribution is 0.601. The molecule has 0 spiro atoms. The zero-order valence-electron chi connectivity index (χ0n) is 16.9. The van der Waals surface area contributed by atoms with Crippen LogP contribution in [0.3, 0.4) is 0 Å². The van der Waals surface area contributed by atoms with Crippen molar-refractivity contribution in [2.75, 3.05) is 23.4 Å². The summed E-state index contributed by atoms with van der Waals surface area (Å²) >= 11 is 6.43. The summed E-state index contributed by atoms with van der Waals surface area (Å²) in [6.45, 7) is 2.14. The molecule has 1 aromatic heterocycles. The first-order valence-electron chi connectivity index (χ1n) is 9.48. The Bertz CT molecular complexity index is 1200. The minimum atomic E-state index is -3.31. The maximum atomic E-state index is 12.0. The van der Waals surface area contributed by atoms with E-state index in [9.17, 15) is 8.42 Å². The molecule has 2 aromatic carbocycles. The number of nitrogens with two attached hydrogens (primary N) is 1. The number of aromatic nitrogens is 2. The van der Waals surface area contributed by atoms with Gasteiger partial charge in [-0.3, -0.25) is 0 Å². The summed E-state index contributed by atoms with van der Waals surface area (Å²) in [7, 11) is -3.31. The van der Waals surface area contributed by atoms with Gasteiger partial charge in [-0.15, -0.1) is 12.4 Å². The summed E-state index contributed by atoms with van der Waals surface area (Å²) in [5, 5.41) is 3.73. The number of anilines is 3. The Kier molecular flexibility index (Phi) is 7.06. The van der Waals surface area contributed by atoms with Gasteiger partial charge >= 0.3 is 0 Å². The zero-order valence-corrected chi connectivity index (χ0v) is 19.3. The summed E-state index contributed by atoms with van der Waals surface area (Å²) in [5.74, 6) is 0.592. The van der Waals surface area contributed by atoms with Gasteiger partial charge in [-0.05, 0) is 53.9 Å².